The van der Waals surface area contributed by atoms with Gasteiger partial charge in [0.15, 0.2) is 9.84 Å². The van der Waals surface area contributed by atoms with Gasteiger partial charge in [-0.1, -0.05) is 49.0 Å². The second-order valence-corrected chi connectivity index (χ2v) is 9.79. The number of nitrogens with zero attached hydrogens (tertiary/aromatic N) is 1. The Hall–Kier alpha value is -3.58. The number of halogens is 2. The number of aryl methyl sites for hydroxylation is 1. The third-order valence-corrected chi connectivity index (χ3v) is 6.82. The van der Waals surface area contributed by atoms with Crippen LogP contribution in [-0.2, 0) is 29.1 Å². The van der Waals surface area contributed by atoms with Gasteiger partial charge in [-0.15, -0.1) is 0 Å². The molecule has 3 aromatic carbocycles. The number of hydrogen-bond acceptors (Lipinski definition) is 3. The Kier molecular flexibility index (Phi) is 5.99. The molecule has 4 aromatic rings. The van der Waals surface area contributed by atoms with Gasteiger partial charge in [0, 0.05) is 42.1 Å². The summed E-state index contributed by atoms with van der Waals surface area (Å²) >= 11 is 0. The fourth-order valence-corrected chi connectivity index (χ4v) is 4.82. The standard InChI is InChI=1S/C26H21F2NO3S/c1-3-33(31,32)16-19-8-6-7-18(13-17-11-12-20(27)14-24(17)28)25(19)23-15-29(2)26(30)22-10-5-4-9-21(22)23/h3-12,14-15H,1,13,16H2,2H3. The molecule has 1 heterocycles. The van der Waals surface area contributed by atoms with Crippen molar-refractivity contribution in [1.29, 1.82) is 0 Å². The lowest BCUT2D eigenvalue weighted by atomic mass is 9.89. The predicted octanol–water partition coefficient (Wildman–Crippen LogP) is 5.13. The third-order valence-electron chi connectivity index (χ3n) is 5.60. The summed E-state index contributed by atoms with van der Waals surface area (Å²) in [6.45, 7) is 3.40. The lowest BCUT2D eigenvalue weighted by Crippen LogP contribution is -2.17. The fraction of sp³-hybridized carbons (Fsp3) is 0.115. The molecule has 0 saturated heterocycles. The summed E-state index contributed by atoms with van der Waals surface area (Å²) in [5.74, 6) is -1.66. The van der Waals surface area contributed by atoms with Crippen LogP contribution in [0.3, 0.4) is 0 Å². The van der Waals surface area contributed by atoms with Crippen LogP contribution in [-0.4, -0.2) is 13.0 Å². The molecular weight excluding hydrogens is 444 g/mol. The highest BCUT2D eigenvalue weighted by atomic mass is 32.2. The molecule has 0 radical (unpaired) electrons. The summed E-state index contributed by atoms with van der Waals surface area (Å²) in [5.41, 5.74) is 2.49. The van der Waals surface area contributed by atoms with E-state index in [1.165, 1.54) is 16.7 Å². The number of hydrogen-bond donors (Lipinski definition) is 0. The normalized spacial score (nSPS) is 11.6. The van der Waals surface area contributed by atoms with Crippen LogP contribution in [0.5, 0.6) is 0 Å². The average molecular weight is 466 g/mol. The molecule has 0 fully saturated rings. The van der Waals surface area contributed by atoms with Gasteiger partial charge in [-0.25, -0.2) is 17.2 Å². The summed E-state index contributed by atoms with van der Waals surface area (Å²) in [5, 5.41) is 2.05. The molecule has 0 aliphatic carbocycles. The van der Waals surface area contributed by atoms with Gasteiger partial charge < -0.3 is 4.57 Å². The molecule has 33 heavy (non-hydrogen) atoms. The maximum absolute atomic E-state index is 14.5. The number of fused-ring (bicyclic) bond motifs is 1. The van der Waals surface area contributed by atoms with Gasteiger partial charge in [0.1, 0.15) is 11.6 Å². The van der Waals surface area contributed by atoms with E-state index in [4.69, 9.17) is 0 Å². The average Bonchev–Trinajstić information content (AvgIpc) is 2.78. The third kappa shape index (κ3) is 4.50. The number of sulfone groups is 1. The first-order valence-electron chi connectivity index (χ1n) is 10.2. The highest BCUT2D eigenvalue weighted by Gasteiger charge is 2.20. The topological polar surface area (TPSA) is 56.1 Å². The Morgan fingerprint density at radius 3 is 2.33 bits per heavy atom. The van der Waals surface area contributed by atoms with Gasteiger partial charge in [0.05, 0.1) is 5.75 Å². The van der Waals surface area contributed by atoms with Gasteiger partial charge in [-0.2, -0.15) is 0 Å². The molecule has 4 rings (SSSR count). The van der Waals surface area contributed by atoms with Crippen LogP contribution >= 0.6 is 0 Å². The molecule has 0 bridgehead atoms. The van der Waals surface area contributed by atoms with Crippen molar-refractivity contribution in [2.75, 3.05) is 0 Å². The summed E-state index contributed by atoms with van der Waals surface area (Å²) in [7, 11) is -1.98. The maximum atomic E-state index is 14.5. The predicted molar refractivity (Wildman–Crippen MR) is 127 cm³/mol. The molecule has 7 heteroatoms. The molecule has 0 aliphatic heterocycles. The molecule has 0 atom stereocenters. The Bertz CT molecular complexity index is 1560. The van der Waals surface area contributed by atoms with Crippen molar-refractivity contribution in [2.45, 2.75) is 12.2 Å². The van der Waals surface area contributed by atoms with E-state index in [1.807, 2.05) is 0 Å². The Labute approximate surface area is 190 Å². The molecule has 0 N–H and O–H groups in total. The lowest BCUT2D eigenvalue weighted by molar-refractivity contribution is 0.574. The molecule has 0 saturated carbocycles. The van der Waals surface area contributed by atoms with Crippen molar-refractivity contribution < 1.29 is 17.2 Å². The van der Waals surface area contributed by atoms with Crippen molar-refractivity contribution >= 4 is 20.6 Å². The number of aromatic nitrogens is 1. The summed E-state index contributed by atoms with van der Waals surface area (Å²) in [6.07, 6.45) is 1.77. The molecule has 0 spiro atoms. The van der Waals surface area contributed by atoms with E-state index in [9.17, 15) is 22.0 Å². The van der Waals surface area contributed by atoms with Gasteiger partial charge in [-0.3, -0.25) is 4.79 Å². The minimum absolute atomic E-state index is 0.112. The monoisotopic (exact) mass is 465 g/mol. The van der Waals surface area contributed by atoms with E-state index in [-0.39, 0.29) is 23.3 Å². The minimum atomic E-state index is -3.61. The van der Waals surface area contributed by atoms with E-state index in [0.29, 0.717) is 33.0 Å². The van der Waals surface area contributed by atoms with Crippen LogP contribution in [0.2, 0.25) is 0 Å². The summed E-state index contributed by atoms with van der Waals surface area (Å²) in [6, 6.07) is 15.6. The number of rotatable bonds is 6. The van der Waals surface area contributed by atoms with Crippen LogP contribution in [0.25, 0.3) is 21.9 Å². The summed E-state index contributed by atoms with van der Waals surface area (Å²) in [4.78, 5) is 12.7. The fourth-order valence-electron chi connectivity index (χ4n) is 4.03. The van der Waals surface area contributed by atoms with Crippen LogP contribution in [0.4, 0.5) is 8.78 Å². The highest BCUT2D eigenvalue weighted by Crippen LogP contribution is 2.35. The van der Waals surface area contributed by atoms with Crippen LogP contribution in [0, 0.1) is 11.6 Å². The largest absolute Gasteiger partial charge is 0.317 e. The van der Waals surface area contributed by atoms with E-state index in [1.54, 1.807) is 55.7 Å². The van der Waals surface area contributed by atoms with Gasteiger partial charge in [0.25, 0.3) is 5.56 Å². The first-order chi connectivity index (χ1) is 15.7. The second-order valence-electron chi connectivity index (χ2n) is 7.84. The van der Waals surface area contributed by atoms with Crippen molar-refractivity contribution in [1.82, 2.24) is 4.57 Å². The molecule has 0 aliphatic rings. The zero-order chi connectivity index (χ0) is 23.8. The lowest BCUT2D eigenvalue weighted by Gasteiger charge is -2.18. The minimum Gasteiger partial charge on any atom is -0.317 e. The quantitative estimate of drug-likeness (QED) is 0.397. The first-order valence-corrected chi connectivity index (χ1v) is 11.9. The summed E-state index contributed by atoms with van der Waals surface area (Å²) < 4.78 is 54.2. The van der Waals surface area contributed by atoms with Gasteiger partial charge >= 0.3 is 0 Å². The van der Waals surface area contributed by atoms with Crippen LogP contribution in [0.15, 0.2) is 83.6 Å². The Morgan fingerprint density at radius 1 is 0.939 bits per heavy atom. The molecule has 0 amide bonds. The van der Waals surface area contributed by atoms with Gasteiger partial charge in [0.2, 0.25) is 0 Å². The molecular formula is C26H21F2NO3S. The van der Waals surface area contributed by atoms with Crippen LogP contribution in [0.1, 0.15) is 16.7 Å². The van der Waals surface area contributed by atoms with Crippen molar-refractivity contribution in [3.05, 3.63) is 118 Å². The molecule has 0 unspecified atom stereocenters. The highest BCUT2D eigenvalue weighted by molar-refractivity contribution is 7.93. The van der Waals surface area contributed by atoms with E-state index < -0.39 is 21.5 Å². The molecule has 4 nitrogen and oxygen atoms in total. The Morgan fingerprint density at radius 2 is 1.64 bits per heavy atom. The van der Waals surface area contributed by atoms with Crippen molar-refractivity contribution in [2.24, 2.45) is 7.05 Å². The van der Waals surface area contributed by atoms with E-state index in [0.717, 1.165) is 11.5 Å². The zero-order valence-corrected chi connectivity index (χ0v) is 18.7. The smallest absolute Gasteiger partial charge is 0.258 e. The zero-order valence-electron chi connectivity index (χ0n) is 17.9. The maximum Gasteiger partial charge on any atom is 0.258 e. The van der Waals surface area contributed by atoms with Crippen molar-refractivity contribution in [3.8, 4) is 11.1 Å². The van der Waals surface area contributed by atoms with Crippen molar-refractivity contribution in [3.63, 3.8) is 0 Å². The molecule has 1 aromatic heterocycles. The molecule has 168 valence electrons. The van der Waals surface area contributed by atoms with Gasteiger partial charge in [-0.05, 0) is 39.8 Å². The number of pyridine rings is 1. The SMILES string of the molecule is C=CS(=O)(=O)Cc1cccc(Cc2ccc(F)cc2F)c1-c1cn(C)c(=O)c2ccccc12. The van der Waals surface area contributed by atoms with E-state index >= 15 is 0 Å². The first kappa shape index (κ1) is 22.6. The van der Waals surface area contributed by atoms with Crippen LogP contribution < -0.4 is 5.56 Å². The number of benzene rings is 3. The Balaban J connectivity index is 2.03. The van der Waals surface area contributed by atoms with E-state index in [2.05, 4.69) is 6.58 Å². The second kappa shape index (κ2) is 8.75.